The number of thiazole rings is 1. The van der Waals surface area contributed by atoms with Crippen molar-refractivity contribution in [3.05, 3.63) is 119 Å². The third-order valence-electron chi connectivity index (χ3n) is 6.30. The number of thioether (sulfide) groups is 1. The molecule has 0 spiro atoms. The Morgan fingerprint density at radius 3 is 2.39 bits per heavy atom. The summed E-state index contributed by atoms with van der Waals surface area (Å²) in [4.78, 5) is 44.1. The average Bonchev–Trinajstić information content (AvgIpc) is 3.43. The SMILES string of the molecule is CCOc1ccc(/C=C(\NC(=O)c2ccccc2)C(=O)Nc2ccc(SCC(=O)Nc3nc4ccc(C)cc4s3)cc2)cc1. The first kappa shape index (κ1) is 30.5. The number of hydrogen-bond acceptors (Lipinski definition) is 7. The summed E-state index contributed by atoms with van der Waals surface area (Å²) in [6.07, 6.45) is 1.61. The van der Waals surface area contributed by atoms with Gasteiger partial charge >= 0.3 is 0 Å². The van der Waals surface area contributed by atoms with Gasteiger partial charge in [0.15, 0.2) is 5.13 Å². The second kappa shape index (κ2) is 14.5. The number of benzene rings is 4. The van der Waals surface area contributed by atoms with Crippen LogP contribution in [0.25, 0.3) is 16.3 Å². The number of carbonyl (C=O) groups excluding carboxylic acids is 3. The van der Waals surface area contributed by atoms with Crippen molar-refractivity contribution in [1.82, 2.24) is 10.3 Å². The van der Waals surface area contributed by atoms with Gasteiger partial charge in [0.2, 0.25) is 5.91 Å². The third-order valence-corrected chi connectivity index (χ3v) is 8.25. The van der Waals surface area contributed by atoms with Crippen molar-refractivity contribution in [3.8, 4) is 5.75 Å². The molecule has 0 saturated carbocycles. The van der Waals surface area contributed by atoms with Crippen LogP contribution in [0.2, 0.25) is 0 Å². The van der Waals surface area contributed by atoms with Crippen LogP contribution in [-0.4, -0.2) is 35.1 Å². The van der Waals surface area contributed by atoms with Crippen molar-refractivity contribution < 1.29 is 19.1 Å². The molecule has 4 aromatic carbocycles. The highest BCUT2D eigenvalue weighted by atomic mass is 32.2. The van der Waals surface area contributed by atoms with Gasteiger partial charge in [-0.05, 0) is 91.7 Å². The van der Waals surface area contributed by atoms with Gasteiger partial charge in [0.25, 0.3) is 11.8 Å². The number of rotatable bonds is 11. The van der Waals surface area contributed by atoms with E-state index in [2.05, 4.69) is 20.9 Å². The second-order valence-electron chi connectivity index (χ2n) is 9.69. The van der Waals surface area contributed by atoms with Crippen LogP contribution in [0, 0.1) is 6.92 Å². The van der Waals surface area contributed by atoms with Crippen molar-refractivity contribution in [2.24, 2.45) is 0 Å². The van der Waals surface area contributed by atoms with Gasteiger partial charge in [-0.15, -0.1) is 11.8 Å². The molecule has 0 aliphatic carbocycles. The van der Waals surface area contributed by atoms with Crippen molar-refractivity contribution in [3.63, 3.8) is 0 Å². The maximum absolute atomic E-state index is 13.3. The molecule has 0 aliphatic rings. The predicted octanol–water partition coefficient (Wildman–Crippen LogP) is 7.14. The normalized spacial score (nSPS) is 11.2. The molecule has 0 radical (unpaired) electrons. The highest BCUT2D eigenvalue weighted by molar-refractivity contribution is 8.00. The van der Waals surface area contributed by atoms with Crippen LogP contribution in [0.5, 0.6) is 5.75 Å². The van der Waals surface area contributed by atoms with E-state index < -0.39 is 11.8 Å². The zero-order chi connectivity index (χ0) is 30.9. The lowest BCUT2D eigenvalue weighted by Gasteiger charge is -2.12. The summed E-state index contributed by atoms with van der Waals surface area (Å²) < 4.78 is 6.53. The van der Waals surface area contributed by atoms with Gasteiger partial charge < -0.3 is 20.7 Å². The smallest absolute Gasteiger partial charge is 0.272 e. The number of aryl methyl sites for hydroxylation is 1. The van der Waals surface area contributed by atoms with Gasteiger partial charge in [-0.25, -0.2) is 4.98 Å². The van der Waals surface area contributed by atoms with Crippen molar-refractivity contribution >= 4 is 67.9 Å². The predicted molar refractivity (Wildman–Crippen MR) is 178 cm³/mol. The highest BCUT2D eigenvalue weighted by Gasteiger charge is 2.16. The first-order chi connectivity index (χ1) is 21.4. The lowest BCUT2D eigenvalue weighted by Crippen LogP contribution is -2.30. The van der Waals surface area contributed by atoms with E-state index in [9.17, 15) is 14.4 Å². The first-order valence-corrected chi connectivity index (χ1v) is 15.7. The molecule has 0 aliphatic heterocycles. The average molecular weight is 623 g/mol. The van der Waals surface area contributed by atoms with Crippen LogP contribution in [0.1, 0.15) is 28.4 Å². The lowest BCUT2D eigenvalue weighted by atomic mass is 10.1. The number of nitrogens with zero attached hydrogens (tertiary/aromatic N) is 1. The molecule has 8 nitrogen and oxygen atoms in total. The van der Waals surface area contributed by atoms with Gasteiger partial charge in [-0.3, -0.25) is 14.4 Å². The molecular weight excluding hydrogens is 593 g/mol. The Kier molecular flexibility index (Phi) is 10.1. The summed E-state index contributed by atoms with van der Waals surface area (Å²) in [7, 11) is 0. The molecule has 3 amide bonds. The maximum atomic E-state index is 13.3. The van der Waals surface area contributed by atoms with Gasteiger partial charge in [0, 0.05) is 16.1 Å². The number of carbonyl (C=O) groups is 3. The standard InChI is InChI=1S/C34H30N4O4S2/c1-3-42-26-14-10-23(11-15-26)20-29(36-32(40)24-7-5-4-6-8-24)33(41)35-25-12-16-27(17-13-25)43-21-31(39)38-34-37-28-18-9-22(2)19-30(28)44-34/h4-20H,3,21H2,1-2H3,(H,35,41)(H,36,40)(H,37,38,39)/b29-20-. The second-order valence-corrected chi connectivity index (χ2v) is 11.8. The van der Waals surface area contributed by atoms with Crippen LogP contribution < -0.4 is 20.7 Å². The zero-order valence-corrected chi connectivity index (χ0v) is 25.8. The largest absolute Gasteiger partial charge is 0.494 e. The Balaban J connectivity index is 1.21. The van der Waals surface area contributed by atoms with Gasteiger partial charge in [0.05, 0.1) is 22.6 Å². The summed E-state index contributed by atoms with van der Waals surface area (Å²) in [5, 5.41) is 9.04. The summed E-state index contributed by atoms with van der Waals surface area (Å²) in [5.74, 6) is -0.105. The molecule has 222 valence electrons. The van der Waals surface area contributed by atoms with Crippen LogP contribution in [0.3, 0.4) is 0 Å². The van der Waals surface area contributed by atoms with Crippen molar-refractivity contribution in [1.29, 1.82) is 0 Å². The molecule has 0 bridgehead atoms. The van der Waals surface area contributed by atoms with Crippen LogP contribution in [0.4, 0.5) is 10.8 Å². The van der Waals surface area contributed by atoms with E-state index in [4.69, 9.17) is 4.74 Å². The Labute approximate surface area is 263 Å². The number of ether oxygens (including phenoxy) is 1. The molecule has 0 unspecified atom stereocenters. The topological polar surface area (TPSA) is 109 Å². The number of fused-ring (bicyclic) bond motifs is 1. The Morgan fingerprint density at radius 1 is 0.909 bits per heavy atom. The van der Waals surface area contributed by atoms with Crippen LogP contribution >= 0.6 is 23.1 Å². The fraction of sp³-hybridized carbons (Fsp3) is 0.118. The fourth-order valence-electron chi connectivity index (χ4n) is 4.16. The summed E-state index contributed by atoms with van der Waals surface area (Å²) in [6.45, 7) is 4.47. The lowest BCUT2D eigenvalue weighted by molar-refractivity contribution is -0.114. The summed E-state index contributed by atoms with van der Waals surface area (Å²) in [6, 6.07) is 29.1. The molecule has 5 rings (SSSR count). The van der Waals surface area contributed by atoms with Crippen LogP contribution in [-0.2, 0) is 9.59 Å². The Bertz CT molecular complexity index is 1800. The summed E-state index contributed by atoms with van der Waals surface area (Å²) in [5.41, 5.74) is 3.78. The minimum Gasteiger partial charge on any atom is -0.494 e. The van der Waals surface area contributed by atoms with Gasteiger partial charge in [0.1, 0.15) is 11.4 Å². The Hall–Kier alpha value is -4.93. The molecule has 10 heteroatoms. The van der Waals surface area contributed by atoms with Gasteiger partial charge in [-0.2, -0.15) is 0 Å². The molecule has 1 aromatic heterocycles. The first-order valence-electron chi connectivity index (χ1n) is 13.9. The Morgan fingerprint density at radius 2 is 1.66 bits per heavy atom. The van der Waals surface area contributed by atoms with Crippen LogP contribution in [0.15, 0.2) is 108 Å². The van der Waals surface area contributed by atoms with E-state index >= 15 is 0 Å². The zero-order valence-electron chi connectivity index (χ0n) is 24.1. The molecule has 0 saturated heterocycles. The molecule has 0 atom stereocenters. The quantitative estimate of drug-likeness (QED) is 0.107. The molecule has 44 heavy (non-hydrogen) atoms. The van der Waals surface area contributed by atoms with E-state index in [0.717, 1.165) is 26.2 Å². The van der Waals surface area contributed by atoms with E-state index in [1.165, 1.54) is 23.1 Å². The van der Waals surface area contributed by atoms with Crippen molar-refractivity contribution in [2.75, 3.05) is 23.0 Å². The van der Waals surface area contributed by atoms with E-state index in [-0.39, 0.29) is 17.4 Å². The number of nitrogens with one attached hydrogen (secondary N) is 3. The van der Waals surface area contributed by atoms with E-state index in [1.54, 1.807) is 54.6 Å². The minimum absolute atomic E-state index is 0.0862. The van der Waals surface area contributed by atoms with Gasteiger partial charge in [-0.1, -0.05) is 47.7 Å². The van der Waals surface area contributed by atoms with Crippen molar-refractivity contribution in [2.45, 2.75) is 18.7 Å². The summed E-state index contributed by atoms with van der Waals surface area (Å²) >= 11 is 2.82. The number of hydrogen-bond donors (Lipinski definition) is 3. The number of aromatic nitrogens is 1. The maximum Gasteiger partial charge on any atom is 0.272 e. The number of amides is 3. The van der Waals surface area contributed by atoms with E-state index in [0.29, 0.717) is 28.7 Å². The highest BCUT2D eigenvalue weighted by Crippen LogP contribution is 2.27. The molecule has 0 fully saturated rings. The molecule has 1 heterocycles. The monoisotopic (exact) mass is 622 g/mol. The molecular formula is C34H30N4O4S2. The molecule has 3 N–H and O–H groups in total. The minimum atomic E-state index is -0.478. The fourth-order valence-corrected chi connectivity index (χ4v) is 5.84. The van der Waals surface area contributed by atoms with E-state index in [1.807, 2.05) is 62.4 Å². The third kappa shape index (κ3) is 8.33. The molecule has 5 aromatic rings. The number of anilines is 2.